The fourth-order valence-corrected chi connectivity index (χ4v) is 3.35. The largest absolute Gasteiger partial charge is 0.370 e. The highest BCUT2D eigenvalue weighted by atomic mass is 19.1. The molecule has 3 rings (SSSR count). The molecule has 0 spiro atoms. The number of hydrogen-bond donors (Lipinski definition) is 3. The van der Waals surface area contributed by atoms with E-state index in [1.54, 1.807) is 49.6 Å². The van der Waals surface area contributed by atoms with Crippen molar-refractivity contribution < 1.29 is 14.0 Å². The molecule has 0 aliphatic heterocycles. The zero-order chi connectivity index (χ0) is 25.0. The third-order valence-electron chi connectivity index (χ3n) is 5.28. The molecule has 9 heteroatoms. The van der Waals surface area contributed by atoms with Gasteiger partial charge < -0.3 is 20.9 Å². The first-order chi connectivity index (χ1) is 16.9. The van der Waals surface area contributed by atoms with E-state index in [2.05, 4.69) is 25.9 Å². The molecule has 184 valence electrons. The van der Waals surface area contributed by atoms with Gasteiger partial charge >= 0.3 is 0 Å². The van der Waals surface area contributed by atoms with Crippen molar-refractivity contribution in [1.29, 1.82) is 0 Å². The highest BCUT2D eigenvalue weighted by molar-refractivity contribution is 5.99. The van der Waals surface area contributed by atoms with Crippen LogP contribution in [0.15, 0.2) is 60.9 Å². The quantitative estimate of drug-likeness (QED) is 0.345. The van der Waals surface area contributed by atoms with Gasteiger partial charge in [0, 0.05) is 52.5 Å². The molecule has 0 fully saturated rings. The summed E-state index contributed by atoms with van der Waals surface area (Å²) in [5.74, 6) is 0.548. The molecule has 0 aliphatic rings. The van der Waals surface area contributed by atoms with Crippen molar-refractivity contribution in [2.75, 3.05) is 37.8 Å². The van der Waals surface area contributed by atoms with Gasteiger partial charge in [-0.05, 0) is 54.3 Å². The maximum Gasteiger partial charge on any atom is 0.255 e. The predicted molar refractivity (Wildman–Crippen MR) is 135 cm³/mol. The van der Waals surface area contributed by atoms with Crippen LogP contribution in [0.3, 0.4) is 0 Å². The van der Waals surface area contributed by atoms with Crippen LogP contribution in [0, 0.1) is 5.82 Å². The fraction of sp³-hybridized carbons (Fsp3) is 0.308. The van der Waals surface area contributed by atoms with Crippen molar-refractivity contribution in [2.24, 2.45) is 0 Å². The smallest absolute Gasteiger partial charge is 0.255 e. The maximum atomic E-state index is 13.5. The summed E-state index contributed by atoms with van der Waals surface area (Å²) < 4.78 is 13.5. The summed E-state index contributed by atoms with van der Waals surface area (Å²) in [4.78, 5) is 34.9. The molecule has 0 saturated heterocycles. The summed E-state index contributed by atoms with van der Waals surface area (Å²) >= 11 is 0. The van der Waals surface area contributed by atoms with Crippen LogP contribution < -0.4 is 16.0 Å². The predicted octanol–water partition coefficient (Wildman–Crippen LogP) is 3.48. The lowest BCUT2D eigenvalue weighted by molar-refractivity contribution is -0.128. The number of hydrogen-bond acceptors (Lipinski definition) is 6. The van der Waals surface area contributed by atoms with Gasteiger partial charge in [-0.2, -0.15) is 0 Å². The number of benzene rings is 1. The van der Waals surface area contributed by atoms with Gasteiger partial charge in [-0.25, -0.2) is 9.37 Å². The molecule has 2 heterocycles. The molecule has 8 nitrogen and oxygen atoms in total. The summed E-state index contributed by atoms with van der Waals surface area (Å²) in [6, 6.07) is 13.6. The lowest BCUT2D eigenvalue weighted by Gasteiger charge is -2.14. The molecule has 0 bridgehead atoms. The number of aromatic nitrogens is 2. The second-order valence-electron chi connectivity index (χ2n) is 8.26. The number of halogens is 1. The molecule has 3 aromatic rings. The summed E-state index contributed by atoms with van der Waals surface area (Å²) in [5.41, 5.74) is 2.14. The third-order valence-corrected chi connectivity index (χ3v) is 5.28. The number of nitrogens with zero attached hydrogens (tertiary/aromatic N) is 3. The number of amides is 2. The number of rotatable bonds is 12. The van der Waals surface area contributed by atoms with E-state index in [1.165, 1.54) is 12.1 Å². The van der Waals surface area contributed by atoms with Crippen LogP contribution in [0.4, 0.5) is 16.0 Å². The first kappa shape index (κ1) is 25.6. The van der Waals surface area contributed by atoms with Gasteiger partial charge in [-0.3, -0.25) is 14.6 Å². The molecule has 0 aliphatic carbocycles. The minimum Gasteiger partial charge on any atom is -0.370 e. The second-order valence-corrected chi connectivity index (χ2v) is 8.26. The Labute approximate surface area is 205 Å². The molecule has 1 aromatic carbocycles. The molecule has 2 amide bonds. The first-order valence-corrected chi connectivity index (χ1v) is 11.5. The Bertz CT molecular complexity index is 1120. The van der Waals surface area contributed by atoms with Crippen LogP contribution in [0.1, 0.15) is 34.3 Å². The van der Waals surface area contributed by atoms with Crippen LogP contribution >= 0.6 is 0 Å². The van der Waals surface area contributed by atoms with Crippen LogP contribution in [0.5, 0.6) is 0 Å². The molecule has 0 saturated carbocycles. The number of carbonyl (C=O) groups excluding carboxylic acids is 2. The number of carbonyl (C=O) groups is 2. The Morgan fingerprint density at radius 3 is 2.57 bits per heavy atom. The van der Waals surface area contributed by atoms with E-state index < -0.39 is 0 Å². The van der Waals surface area contributed by atoms with Gasteiger partial charge in [-0.15, -0.1) is 0 Å². The van der Waals surface area contributed by atoms with Crippen LogP contribution in [-0.4, -0.2) is 53.9 Å². The maximum absolute atomic E-state index is 13.5. The first-order valence-electron chi connectivity index (χ1n) is 11.5. The highest BCUT2D eigenvalue weighted by Crippen LogP contribution is 2.18. The second kappa shape index (κ2) is 13.0. The molecular weight excluding hydrogens is 447 g/mol. The SMILES string of the molecule is CN(C)C(=O)CCCNc1ccc(C(=O)NCc2cccnc2)c(NCCc2cccc(F)c2)n1. The molecule has 0 unspecified atom stereocenters. The molecular formula is C26H31FN6O2. The zero-order valence-electron chi connectivity index (χ0n) is 20.1. The normalized spacial score (nSPS) is 10.5. The minimum atomic E-state index is -0.282. The Balaban J connectivity index is 1.65. The van der Waals surface area contributed by atoms with Gasteiger partial charge in [0.25, 0.3) is 5.91 Å². The Kier molecular flexibility index (Phi) is 9.53. The topological polar surface area (TPSA) is 99.3 Å². The van der Waals surface area contributed by atoms with Crippen molar-refractivity contribution >= 4 is 23.5 Å². The average Bonchev–Trinajstić information content (AvgIpc) is 2.86. The highest BCUT2D eigenvalue weighted by Gasteiger charge is 2.14. The molecule has 2 aromatic heterocycles. The standard InChI is InChI=1S/C26H31FN6O2/c1-33(2)24(34)9-5-14-29-23-11-10-22(26(35)31-18-20-7-4-13-28-17-20)25(32-23)30-15-12-19-6-3-8-21(27)16-19/h3-4,6-8,10-11,13,16-17H,5,9,12,14-15,18H2,1-2H3,(H,31,35)(H2,29,30,32). The van der Waals surface area contributed by atoms with E-state index in [0.29, 0.717) is 56.1 Å². The minimum absolute atomic E-state index is 0.0695. The molecule has 0 radical (unpaired) electrons. The summed E-state index contributed by atoms with van der Waals surface area (Å²) in [6.07, 6.45) is 5.05. The summed E-state index contributed by atoms with van der Waals surface area (Å²) in [5, 5.41) is 9.32. The van der Waals surface area contributed by atoms with Crippen molar-refractivity contribution in [2.45, 2.75) is 25.8 Å². The Morgan fingerprint density at radius 2 is 1.83 bits per heavy atom. The van der Waals surface area contributed by atoms with Crippen LogP contribution in [0.25, 0.3) is 0 Å². The van der Waals surface area contributed by atoms with E-state index in [-0.39, 0.29) is 17.6 Å². The number of nitrogens with one attached hydrogen (secondary N) is 3. The van der Waals surface area contributed by atoms with Crippen molar-refractivity contribution in [3.05, 3.63) is 83.4 Å². The zero-order valence-corrected chi connectivity index (χ0v) is 20.1. The Hall–Kier alpha value is -4.01. The van der Waals surface area contributed by atoms with Crippen molar-refractivity contribution in [1.82, 2.24) is 20.2 Å². The van der Waals surface area contributed by atoms with Crippen LogP contribution in [0.2, 0.25) is 0 Å². The van der Waals surface area contributed by atoms with E-state index >= 15 is 0 Å². The van der Waals surface area contributed by atoms with Crippen molar-refractivity contribution in [3.8, 4) is 0 Å². The molecule has 0 atom stereocenters. The van der Waals surface area contributed by atoms with E-state index in [9.17, 15) is 14.0 Å². The molecule has 3 N–H and O–H groups in total. The summed E-state index contributed by atoms with van der Waals surface area (Å²) in [7, 11) is 3.47. The van der Waals surface area contributed by atoms with Gasteiger partial charge in [-0.1, -0.05) is 18.2 Å². The van der Waals surface area contributed by atoms with E-state index in [4.69, 9.17) is 0 Å². The van der Waals surface area contributed by atoms with E-state index in [0.717, 1.165) is 11.1 Å². The Morgan fingerprint density at radius 1 is 1.00 bits per heavy atom. The number of anilines is 2. The van der Waals surface area contributed by atoms with E-state index in [1.807, 2.05) is 18.2 Å². The number of pyridine rings is 2. The summed E-state index contributed by atoms with van der Waals surface area (Å²) in [6.45, 7) is 1.39. The van der Waals surface area contributed by atoms with Gasteiger partial charge in [0.2, 0.25) is 5.91 Å². The monoisotopic (exact) mass is 478 g/mol. The lowest BCUT2D eigenvalue weighted by Crippen LogP contribution is -2.25. The fourth-order valence-electron chi connectivity index (χ4n) is 3.35. The van der Waals surface area contributed by atoms with Crippen LogP contribution in [-0.2, 0) is 17.8 Å². The molecule has 35 heavy (non-hydrogen) atoms. The van der Waals surface area contributed by atoms with Gasteiger partial charge in [0.05, 0.1) is 5.56 Å². The van der Waals surface area contributed by atoms with Gasteiger partial charge in [0.1, 0.15) is 17.5 Å². The third kappa shape index (κ3) is 8.37. The average molecular weight is 479 g/mol. The van der Waals surface area contributed by atoms with Crippen molar-refractivity contribution in [3.63, 3.8) is 0 Å². The van der Waals surface area contributed by atoms with Gasteiger partial charge in [0.15, 0.2) is 0 Å². The lowest BCUT2D eigenvalue weighted by atomic mass is 10.1.